The van der Waals surface area contributed by atoms with Crippen molar-refractivity contribution in [1.29, 1.82) is 0 Å². The molecule has 1 N–H and O–H groups in total. The van der Waals surface area contributed by atoms with Crippen LogP contribution in [0.3, 0.4) is 0 Å². The Labute approximate surface area is 134 Å². The Morgan fingerprint density at radius 3 is 2.76 bits per heavy atom. The van der Waals surface area contributed by atoms with E-state index in [0.717, 1.165) is 32.2 Å². The molecule has 1 fully saturated rings. The largest absolute Gasteiger partial charge is 0.314 e. The van der Waals surface area contributed by atoms with Gasteiger partial charge >= 0.3 is 0 Å². The van der Waals surface area contributed by atoms with Crippen LogP contribution in [-0.2, 0) is 6.42 Å². The van der Waals surface area contributed by atoms with Gasteiger partial charge in [0.05, 0.1) is 4.47 Å². The molecule has 0 radical (unpaired) electrons. The molecule has 0 aromatic heterocycles. The van der Waals surface area contributed by atoms with Crippen LogP contribution < -0.4 is 5.32 Å². The fourth-order valence-electron chi connectivity index (χ4n) is 3.23. The average Bonchev–Trinajstić information content (AvgIpc) is 2.70. The van der Waals surface area contributed by atoms with Crippen molar-refractivity contribution in [3.05, 3.63) is 33.8 Å². The van der Waals surface area contributed by atoms with E-state index < -0.39 is 11.6 Å². The zero-order chi connectivity index (χ0) is 15.2. The summed E-state index contributed by atoms with van der Waals surface area (Å²) in [5, 5.41) is 3.57. The Kier molecular flexibility index (Phi) is 6.62. The predicted octanol–water partition coefficient (Wildman–Crippen LogP) is 5.22. The minimum atomic E-state index is -0.433. The molecule has 0 amide bonds. The third kappa shape index (κ3) is 4.75. The van der Waals surface area contributed by atoms with Crippen LogP contribution in [0.2, 0.25) is 0 Å². The van der Waals surface area contributed by atoms with E-state index in [4.69, 9.17) is 0 Å². The number of hydrogen-bond donors (Lipinski definition) is 1. The van der Waals surface area contributed by atoms with Gasteiger partial charge in [0.1, 0.15) is 11.6 Å². The van der Waals surface area contributed by atoms with Gasteiger partial charge in [-0.2, -0.15) is 0 Å². The lowest BCUT2D eigenvalue weighted by molar-refractivity contribution is 0.375. The van der Waals surface area contributed by atoms with Gasteiger partial charge in [0.2, 0.25) is 0 Å². The average molecular weight is 360 g/mol. The van der Waals surface area contributed by atoms with Crippen LogP contribution in [0.15, 0.2) is 16.6 Å². The van der Waals surface area contributed by atoms with Crippen LogP contribution in [0.5, 0.6) is 0 Å². The summed E-state index contributed by atoms with van der Waals surface area (Å²) < 4.78 is 28.4. The molecular formula is C17H24BrF2N. The third-order valence-corrected chi connectivity index (χ3v) is 4.96. The van der Waals surface area contributed by atoms with E-state index in [2.05, 4.69) is 28.2 Å². The van der Waals surface area contributed by atoms with Gasteiger partial charge in [-0.05, 0) is 66.2 Å². The summed E-state index contributed by atoms with van der Waals surface area (Å²) in [4.78, 5) is 0. The number of hydrogen-bond acceptors (Lipinski definition) is 1. The second kappa shape index (κ2) is 8.23. The van der Waals surface area contributed by atoms with Crippen molar-refractivity contribution in [3.8, 4) is 0 Å². The first-order chi connectivity index (χ1) is 10.1. The fourth-order valence-corrected chi connectivity index (χ4v) is 3.60. The van der Waals surface area contributed by atoms with E-state index in [0.29, 0.717) is 22.9 Å². The summed E-state index contributed by atoms with van der Waals surface area (Å²) in [7, 11) is 0. The van der Waals surface area contributed by atoms with Gasteiger partial charge in [-0.25, -0.2) is 8.78 Å². The summed E-state index contributed by atoms with van der Waals surface area (Å²) in [6.07, 6.45) is 7.26. The van der Waals surface area contributed by atoms with Gasteiger partial charge in [0.15, 0.2) is 0 Å². The maximum absolute atomic E-state index is 14.1. The maximum Gasteiger partial charge on any atom is 0.143 e. The molecule has 2 atom stereocenters. The summed E-state index contributed by atoms with van der Waals surface area (Å²) in [6, 6.07) is 3.29. The standard InChI is InChI=1S/C17H24BrF2N/c1-2-9-21-13-6-4-3-5-12(10-13)11-14-16(19)8-7-15(18)17(14)20/h7-8,12-13,21H,2-6,9-11H2,1H3. The first-order valence-electron chi connectivity index (χ1n) is 7.97. The van der Waals surface area contributed by atoms with E-state index >= 15 is 0 Å². The van der Waals surface area contributed by atoms with Crippen LogP contribution in [0.25, 0.3) is 0 Å². The van der Waals surface area contributed by atoms with Gasteiger partial charge in [0.25, 0.3) is 0 Å². The lowest BCUT2D eigenvalue weighted by atomic mass is 9.90. The second-order valence-corrected chi connectivity index (χ2v) is 6.92. The molecular weight excluding hydrogens is 336 g/mol. The van der Waals surface area contributed by atoms with Gasteiger partial charge in [0, 0.05) is 11.6 Å². The van der Waals surface area contributed by atoms with Crippen LogP contribution in [0, 0.1) is 17.6 Å². The van der Waals surface area contributed by atoms with Crippen LogP contribution in [-0.4, -0.2) is 12.6 Å². The van der Waals surface area contributed by atoms with Crippen molar-refractivity contribution < 1.29 is 8.78 Å². The highest BCUT2D eigenvalue weighted by molar-refractivity contribution is 9.10. The topological polar surface area (TPSA) is 12.0 Å². The molecule has 0 bridgehead atoms. The summed E-state index contributed by atoms with van der Waals surface area (Å²) in [6.45, 7) is 3.18. The smallest absolute Gasteiger partial charge is 0.143 e. The van der Waals surface area contributed by atoms with Crippen LogP contribution in [0.4, 0.5) is 8.78 Å². The Balaban J connectivity index is 2.05. The molecule has 1 aliphatic rings. The molecule has 4 heteroatoms. The van der Waals surface area contributed by atoms with Crippen molar-refractivity contribution in [2.24, 2.45) is 5.92 Å². The summed E-state index contributed by atoms with van der Waals surface area (Å²) in [5.41, 5.74) is 0.241. The molecule has 118 valence electrons. The third-order valence-electron chi connectivity index (χ3n) is 4.35. The van der Waals surface area contributed by atoms with Gasteiger partial charge in [-0.1, -0.05) is 26.2 Å². The molecule has 1 aromatic rings. The zero-order valence-electron chi connectivity index (χ0n) is 12.6. The van der Waals surface area contributed by atoms with Gasteiger partial charge in [-0.15, -0.1) is 0 Å². The zero-order valence-corrected chi connectivity index (χ0v) is 14.2. The molecule has 0 saturated heterocycles. The predicted molar refractivity (Wildman–Crippen MR) is 86.4 cm³/mol. The molecule has 1 aliphatic carbocycles. The lowest BCUT2D eigenvalue weighted by Gasteiger charge is -2.21. The molecule has 2 rings (SSSR count). The van der Waals surface area contributed by atoms with Crippen molar-refractivity contribution in [2.75, 3.05) is 6.54 Å². The number of halogens is 3. The van der Waals surface area contributed by atoms with Gasteiger partial charge < -0.3 is 5.32 Å². The van der Waals surface area contributed by atoms with Gasteiger partial charge in [-0.3, -0.25) is 0 Å². The summed E-state index contributed by atoms with van der Waals surface area (Å²) >= 11 is 3.15. The quantitative estimate of drug-likeness (QED) is 0.561. The highest BCUT2D eigenvalue weighted by Crippen LogP contribution is 2.30. The second-order valence-electron chi connectivity index (χ2n) is 6.06. The molecule has 1 saturated carbocycles. The number of benzene rings is 1. The summed E-state index contributed by atoms with van der Waals surface area (Å²) in [5.74, 6) is -0.490. The monoisotopic (exact) mass is 359 g/mol. The minimum Gasteiger partial charge on any atom is -0.314 e. The SMILES string of the molecule is CCCNC1CCCCC(Cc2c(F)ccc(Br)c2F)C1. The van der Waals surface area contributed by atoms with E-state index in [1.807, 2.05) is 0 Å². The molecule has 1 aromatic carbocycles. The van der Waals surface area contributed by atoms with E-state index in [9.17, 15) is 8.78 Å². The van der Waals surface area contributed by atoms with Crippen molar-refractivity contribution in [3.63, 3.8) is 0 Å². The number of nitrogens with one attached hydrogen (secondary N) is 1. The Morgan fingerprint density at radius 1 is 1.24 bits per heavy atom. The normalized spacial score (nSPS) is 23.0. The Bertz CT molecular complexity index is 464. The number of rotatable bonds is 5. The van der Waals surface area contributed by atoms with E-state index in [-0.39, 0.29) is 5.56 Å². The highest BCUT2D eigenvalue weighted by Gasteiger charge is 2.23. The fraction of sp³-hybridized carbons (Fsp3) is 0.647. The highest BCUT2D eigenvalue weighted by atomic mass is 79.9. The Morgan fingerprint density at radius 2 is 2.00 bits per heavy atom. The van der Waals surface area contributed by atoms with E-state index in [1.165, 1.54) is 25.0 Å². The van der Waals surface area contributed by atoms with Crippen LogP contribution in [0.1, 0.15) is 51.0 Å². The first-order valence-corrected chi connectivity index (χ1v) is 8.76. The molecule has 0 heterocycles. The Hall–Kier alpha value is -0.480. The van der Waals surface area contributed by atoms with Crippen LogP contribution >= 0.6 is 15.9 Å². The molecule has 1 nitrogen and oxygen atoms in total. The minimum absolute atomic E-state index is 0.241. The van der Waals surface area contributed by atoms with E-state index in [1.54, 1.807) is 0 Å². The molecule has 21 heavy (non-hydrogen) atoms. The lowest BCUT2D eigenvalue weighted by Crippen LogP contribution is -2.31. The van der Waals surface area contributed by atoms with Crippen molar-refractivity contribution in [1.82, 2.24) is 5.32 Å². The van der Waals surface area contributed by atoms with Crippen molar-refractivity contribution >= 4 is 15.9 Å². The molecule has 0 spiro atoms. The maximum atomic E-state index is 14.1. The van der Waals surface area contributed by atoms with Crippen molar-refractivity contribution in [2.45, 2.75) is 57.9 Å². The molecule has 0 aliphatic heterocycles. The first kappa shape index (κ1) is 16.9. The molecule has 2 unspecified atom stereocenters.